The van der Waals surface area contributed by atoms with Gasteiger partial charge >= 0.3 is 0 Å². The van der Waals surface area contributed by atoms with Crippen LogP contribution in [0.1, 0.15) is 17.5 Å². The van der Waals surface area contributed by atoms with Crippen LogP contribution in [0.5, 0.6) is 0 Å². The van der Waals surface area contributed by atoms with Crippen molar-refractivity contribution in [3.8, 4) is 0 Å². The van der Waals surface area contributed by atoms with Crippen LogP contribution in [0.25, 0.3) is 0 Å². The minimum atomic E-state index is -3.66. The van der Waals surface area contributed by atoms with Crippen LogP contribution in [0.2, 0.25) is 5.02 Å². The van der Waals surface area contributed by atoms with Gasteiger partial charge in [-0.3, -0.25) is 4.79 Å². The molecule has 0 atom stereocenters. The van der Waals surface area contributed by atoms with Crippen LogP contribution in [0.15, 0.2) is 53.4 Å². The number of rotatable bonds is 7. The summed E-state index contributed by atoms with van der Waals surface area (Å²) in [5.41, 5.74) is 2.15. The molecule has 2 aromatic rings. The van der Waals surface area contributed by atoms with Gasteiger partial charge in [-0.25, -0.2) is 13.1 Å². The van der Waals surface area contributed by atoms with Crippen molar-refractivity contribution in [3.63, 3.8) is 0 Å². The molecule has 24 heavy (non-hydrogen) atoms. The molecule has 2 aromatic carbocycles. The maximum Gasteiger partial charge on any atom is 0.240 e. The number of sulfonamides is 1. The zero-order chi connectivity index (χ0) is 17.6. The number of carbonyl (C=O) groups is 1. The fourth-order valence-corrected chi connectivity index (χ4v) is 3.34. The Hall–Kier alpha value is -1.89. The number of hydrogen-bond donors (Lipinski definition) is 2. The largest absolute Gasteiger partial charge is 0.352 e. The molecule has 0 bridgehead atoms. The van der Waals surface area contributed by atoms with E-state index in [1.165, 1.54) is 12.1 Å². The quantitative estimate of drug-likeness (QED) is 0.791. The van der Waals surface area contributed by atoms with Crippen molar-refractivity contribution < 1.29 is 13.2 Å². The maximum atomic E-state index is 12.1. The van der Waals surface area contributed by atoms with E-state index in [0.717, 1.165) is 11.1 Å². The highest BCUT2D eigenvalue weighted by Gasteiger charge is 2.14. The molecule has 0 fully saturated rings. The van der Waals surface area contributed by atoms with Gasteiger partial charge in [0.15, 0.2) is 0 Å². The summed E-state index contributed by atoms with van der Waals surface area (Å²) in [5, 5.41) is 3.10. The second-order valence-electron chi connectivity index (χ2n) is 5.37. The molecule has 0 aromatic heterocycles. The van der Waals surface area contributed by atoms with Gasteiger partial charge in [0.25, 0.3) is 0 Å². The fourth-order valence-electron chi connectivity index (χ4n) is 2.01. The molecular weight excluding hydrogens is 348 g/mol. The second kappa shape index (κ2) is 8.28. The summed E-state index contributed by atoms with van der Waals surface area (Å²) in [4.78, 5) is 11.9. The average molecular weight is 367 g/mol. The van der Waals surface area contributed by atoms with Gasteiger partial charge in [0.1, 0.15) is 0 Å². The van der Waals surface area contributed by atoms with Gasteiger partial charge in [0.2, 0.25) is 15.9 Å². The first-order valence-electron chi connectivity index (χ1n) is 7.44. The highest BCUT2D eigenvalue weighted by molar-refractivity contribution is 7.89. The summed E-state index contributed by atoms with van der Waals surface area (Å²) in [5.74, 6) is -0.218. The molecule has 1 amide bonds. The molecule has 0 radical (unpaired) electrons. The Balaban J connectivity index is 1.78. The molecule has 0 heterocycles. The van der Waals surface area contributed by atoms with Crippen molar-refractivity contribution in [2.75, 3.05) is 6.54 Å². The van der Waals surface area contributed by atoms with Gasteiger partial charge in [-0.1, -0.05) is 47.5 Å². The Bertz CT molecular complexity index is 805. The molecule has 0 unspecified atom stereocenters. The van der Waals surface area contributed by atoms with E-state index in [2.05, 4.69) is 10.0 Å². The molecule has 0 saturated heterocycles. The molecule has 0 spiro atoms. The number of aryl methyl sites for hydroxylation is 1. The topological polar surface area (TPSA) is 75.3 Å². The first kappa shape index (κ1) is 18.4. The van der Waals surface area contributed by atoms with E-state index >= 15 is 0 Å². The van der Waals surface area contributed by atoms with Crippen LogP contribution in [-0.4, -0.2) is 20.9 Å². The van der Waals surface area contributed by atoms with E-state index in [1.807, 2.05) is 31.2 Å². The summed E-state index contributed by atoms with van der Waals surface area (Å²) < 4.78 is 26.5. The van der Waals surface area contributed by atoms with Crippen molar-refractivity contribution in [3.05, 3.63) is 64.7 Å². The molecule has 0 aliphatic rings. The van der Waals surface area contributed by atoms with Gasteiger partial charge in [0, 0.05) is 24.5 Å². The van der Waals surface area contributed by atoms with Crippen molar-refractivity contribution in [1.82, 2.24) is 10.0 Å². The predicted molar refractivity (Wildman–Crippen MR) is 94.3 cm³/mol. The van der Waals surface area contributed by atoms with Crippen LogP contribution in [0.3, 0.4) is 0 Å². The normalized spacial score (nSPS) is 11.2. The third kappa shape index (κ3) is 5.63. The molecule has 2 rings (SSSR count). The Morgan fingerprint density at radius 1 is 1.12 bits per heavy atom. The lowest BCUT2D eigenvalue weighted by Crippen LogP contribution is -2.30. The van der Waals surface area contributed by atoms with E-state index in [0.29, 0.717) is 11.6 Å². The molecule has 0 aliphatic heterocycles. The first-order valence-corrected chi connectivity index (χ1v) is 9.30. The number of amides is 1. The molecule has 2 N–H and O–H groups in total. The molecule has 7 heteroatoms. The fraction of sp³-hybridized carbons (Fsp3) is 0.235. The Morgan fingerprint density at radius 3 is 2.50 bits per heavy atom. The van der Waals surface area contributed by atoms with E-state index in [4.69, 9.17) is 11.6 Å². The number of halogens is 1. The average Bonchev–Trinajstić information content (AvgIpc) is 2.54. The maximum absolute atomic E-state index is 12.1. The Morgan fingerprint density at radius 2 is 1.83 bits per heavy atom. The smallest absolute Gasteiger partial charge is 0.240 e. The Labute approximate surface area is 147 Å². The lowest BCUT2D eigenvalue weighted by Gasteiger charge is -2.08. The van der Waals surface area contributed by atoms with Crippen molar-refractivity contribution in [1.29, 1.82) is 0 Å². The summed E-state index contributed by atoms with van der Waals surface area (Å²) in [6.45, 7) is 2.43. The summed E-state index contributed by atoms with van der Waals surface area (Å²) >= 11 is 5.79. The van der Waals surface area contributed by atoms with Crippen molar-refractivity contribution in [2.24, 2.45) is 0 Å². The molecule has 0 aliphatic carbocycles. The third-order valence-electron chi connectivity index (χ3n) is 3.36. The summed E-state index contributed by atoms with van der Waals surface area (Å²) in [6, 6.07) is 13.8. The predicted octanol–water partition coefficient (Wildman–Crippen LogP) is 2.63. The molecule has 128 valence electrons. The van der Waals surface area contributed by atoms with Gasteiger partial charge in [-0.05, 0) is 30.7 Å². The van der Waals surface area contributed by atoms with Gasteiger partial charge in [-0.15, -0.1) is 0 Å². The highest BCUT2D eigenvalue weighted by atomic mass is 35.5. The molecule has 0 saturated carbocycles. The minimum absolute atomic E-state index is 0.0224. The van der Waals surface area contributed by atoms with Crippen molar-refractivity contribution in [2.45, 2.75) is 24.8 Å². The van der Waals surface area contributed by atoms with Gasteiger partial charge in [-0.2, -0.15) is 0 Å². The van der Waals surface area contributed by atoms with E-state index < -0.39 is 10.0 Å². The molecule has 5 nitrogen and oxygen atoms in total. The van der Waals surface area contributed by atoms with Crippen LogP contribution in [0.4, 0.5) is 0 Å². The van der Waals surface area contributed by atoms with Crippen LogP contribution in [0, 0.1) is 6.92 Å². The lowest BCUT2D eigenvalue weighted by atomic mass is 10.1. The minimum Gasteiger partial charge on any atom is -0.352 e. The van der Waals surface area contributed by atoms with Crippen LogP contribution < -0.4 is 10.0 Å². The van der Waals surface area contributed by atoms with Crippen molar-refractivity contribution >= 4 is 27.5 Å². The van der Waals surface area contributed by atoms with E-state index in [-0.39, 0.29) is 23.8 Å². The third-order valence-corrected chi connectivity index (χ3v) is 5.05. The standard InChI is InChI=1S/C17H19ClN2O3S/c1-13-5-7-14(8-6-13)12-19-17(21)9-10-20-24(22,23)16-4-2-3-15(18)11-16/h2-8,11,20H,9-10,12H2,1H3,(H,19,21). The lowest BCUT2D eigenvalue weighted by molar-refractivity contribution is -0.121. The van der Waals surface area contributed by atoms with Gasteiger partial charge in [0.05, 0.1) is 4.90 Å². The van der Waals surface area contributed by atoms with Gasteiger partial charge < -0.3 is 5.32 Å². The SMILES string of the molecule is Cc1ccc(CNC(=O)CCNS(=O)(=O)c2cccc(Cl)c2)cc1. The van der Waals surface area contributed by atoms with E-state index in [1.54, 1.807) is 12.1 Å². The number of benzene rings is 2. The monoisotopic (exact) mass is 366 g/mol. The van der Waals surface area contributed by atoms with E-state index in [9.17, 15) is 13.2 Å². The second-order valence-corrected chi connectivity index (χ2v) is 7.57. The summed E-state index contributed by atoms with van der Waals surface area (Å²) in [6.07, 6.45) is 0.0612. The Kier molecular flexibility index (Phi) is 6.36. The number of nitrogens with one attached hydrogen (secondary N) is 2. The first-order chi connectivity index (χ1) is 11.4. The van der Waals surface area contributed by atoms with Crippen LogP contribution in [-0.2, 0) is 21.4 Å². The summed E-state index contributed by atoms with van der Waals surface area (Å²) in [7, 11) is -3.66. The molecular formula is C17H19ClN2O3S. The zero-order valence-electron chi connectivity index (χ0n) is 13.3. The number of carbonyl (C=O) groups excluding carboxylic acids is 1. The van der Waals surface area contributed by atoms with Crippen LogP contribution >= 0.6 is 11.6 Å². The highest BCUT2D eigenvalue weighted by Crippen LogP contribution is 2.15. The zero-order valence-corrected chi connectivity index (χ0v) is 14.8. The number of hydrogen-bond acceptors (Lipinski definition) is 3.